The fourth-order valence-corrected chi connectivity index (χ4v) is 4.17. The Hall–Kier alpha value is -3.81. The van der Waals surface area contributed by atoms with Gasteiger partial charge in [-0.1, -0.05) is 0 Å². The molecule has 0 unspecified atom stereocenters. The molecular weight excluding hydrogens is 536 g/mol. The molecule has 0 amide bonds. The van der Waals surface area contributed by atoms with Crippen LogP contribution < -0.4 is 25.0 Å². The van der Waals surface area contributed by atoms with Gasteiger partial charge in [0.25, 0.3) is 0 Å². The molecule has 0 spiro atoms. The van der Waals surface area contributed by atoms with E-state index in [9.17, 15) is 26.3 Å². The molecule has 1 aromatic carbocycles. The molecule has 0 radical (unpaired) electrons. The lowest BCUT2D eigenvalue weighted by atomic mass is 10.0. The number of rotatable bonds is 6. The number of ether oxygens (including phenoxy) is 2. The van der Waals surface area contributed by atoms with Gasteiger partial charge < -0.3 is 25.0 Å². The molecule has 0 bridgehead atoms. The van der Waals surface area contributed by atoms with E-state index in [-0.39, 0.29) is 30.7 Å². The molecule has 14 heteroatoms. The van der Waals surface area contributed by atoms with Crippen molar-refractivity contribution in [1.29, 1.82) is 0 Å². The lowest BCUT2D eigenvalue weighted by molar-refractivity contribution is -0.274. The zero-order chi connectivity index (χ0) is 27.3. The van der Waals surface area contributed by atoms with Gasteiger partial charge >= 0.3 is 12.5 Å². The minimum Gasteiger partial charge on any atom is -0.457 e. The number of thiocarbonyl (C=S) groups is 1. The van der Waals surface area contributed by atoms with E-state index in [1.165, 1.54) is 11.1 Å². The van der Waals surface area contributed by atoms with Crippen LogP contribution in [0.25, 0.3) is 0 Å². The number of halogens is 6. The second kappa shape index (κ2) is 11.3. The van der Waals surface area contributed by atoms with Gasteiger partial charge in [0.15, 0.2) is 5.11 Å². The van der Waals surface area contributed by atoms with E-state index in [2.05, 4.69) is 25.3 Å². The standard InChI is InChI=1S/C24H21F6N5O2S/c25-23(26,27)20-19(36-17-3-5-18(6-4-17)37-24(28,29)30)7-11-32-21(20)35-12-8-15(9-13-35)33-22(38)34-16-2-1-10-31-14-16/h1-7,10-11,14-15H,8-9,12-13H2,(H2,33,34,38). The van der Waals surface area contributed by atoms with Crippen molar-refractivity contribution in [2.24, 2.45) is 0 Å². The van der Waals surface area contributed by atoms with Crippen LogP contribution in [0.4, 0.5) is 37.8 Å². The average Bonchev–Trinajstić information content (AvgIpc) is 2.84. The van der Waals surface area contributed by atoms with Crippen LogP contribution in [0, 0.1) is 0 Å². The number of nitrogens with one attached hydrogen (secondary N) is 2. The highest BCUT2D eigenvalue weighted by Crippen LogP contribution is 2.43. The third-order valence-electron chi connectivity index (χ3n) is 5.51. The highest BCUT2D eigenvalue weighted by atomic mass is 32.1. The monoisotopic (exact) mass is 557 g/mol. The van der Waals surface area contributed by atoms with Crippen molar-refractivity contribution < 1.29 is 35.8 Å². The SMILES string of the molecule is FC(F)(F)Oc1ccc(Oc2ccnc(N3CCC(NC(=S)Nc4cccnc4)CC3)c2C(F)(F)F)cc1. The van der Waals surface area contributed by atoms with Gasteiger partial charge in [-0.2, -0.15) is 13.2 Å². The zero-order valence-corrected chi connectivity index (χ0v) is 20.3. The maximum absolute atomic E-state index is 14.1. The van der Waals surface area contributed by atoms with Crippen molar-refractivity contribution in [3.63, 3.8) is 0 Å². The Balaban J connectivity index is 1.44. The first-order chi connectivity index (χ1) is 18.0. The summed E-state index contributed by atoms with van der Waals surface area (Å²) in [4.78, 5) is 9.50. The molecular formula is C24H21F6N5O2S. The molecule has 1 aliphatic heterocycles. The quantitative estimate of drug-likeness (QED) is 0.277. The summed E-state index contributed by atoms with van der Waals surface area (Å²) in [7, 11) is 0. The summed E-state index contributed by atoms with van der Waals surface area (Å²) in [6, 6.07) is 8.62. The number of alkyl halides is 6. The van der Waals surface area contributed by atoms with Gasteiger partial charge in [0.05, 0.1) is 11.9 Å². The highest BCUT2D eigenvalue weighted by Gasteiger charge is 2.40. The first-order valence-corrected chi connectivity index (χ1v) is 11.7. The van der Waals surface area contributed by atoms with E-state index in [1.54, 1.807) is 24.5 Å². The third-order valence-corrected chi connectivity index (χ3v) is 5.73. The van der Waals surface area contributed by atoms with Crippen LogP contribution in [-0.2, 0) is 6.18 Å². The Bertz CT molecular complexity index is 1230. The van der Waals surface area contributed by atoms with Crippen LogP contribution in [-0.4, -0.2) is 40.6 Å². The molecule has 2 aromatic heterocycles. The normalized spacial score (nSPS) is 14.6. The molecule has 202 valence electrons. The van der Waals surface area contributed by atoms with E-state index in [0.717, 1.165) is 30.3 Å². The minimum atomic E-state index is -4.89. The van der Waals surface area contributed by atoms with E-state index in [1.807, 2.05) is 0 Å². The van der Waals surface area contributed by atoms with Gasteiger partial charge in [-0.05, 0) is 67.5 Å². The molecule has 1 fully saturated rings. The number of aromatic nitrogens is 2. The van der Waals surface area contributed by atoms with Gasteiger partial charge in [0.1, 0.15) is 28.6 Å². The van der Waals surface area contributed by atoms with Crippen LogP contribution >= 0.6 is 12.2 Å². The number of hydrogen-bond acceptors (Lipinski definition) is 6. The minimum absolute atomic E-state index is 0.0610. The summed E-state index contributed by atoms with van der Waals surface area (Å²) in [5, 5.41) is 6.56. The first-order valence-electron chi connectivity index (χ1n) is 11.3. The zero-order valence-electron chi connectivity index (χ0n) is 19.5. The van der Waals surface area contributed by atoms with E-state index >= 15 is 0 Å². The van der Waals surface area contributed by atoms with Gasteiger partial charge in [-0.3, -0.25) is 4.98 Å². The van der Waals surface area contributed by atoms with Crippen molar-refractivity contribution in [3.8, 4) is 17.2 Å². The molecule has 0 aliphatic carbocycles. The predicted molar refractivity (Wildman–Crippen MR) is 131 cm³/mol. The summed E-state index contributed by atoms with van der Waals surface area (Å²) >= 11 is 5.32. The van der Waals surface area contributed by atoms with Crippen molar-refractivity contribution in [1.82, 2.24) is 15.3 Å². The first kappa shape index (κ1) is 27.2. The molecule has 1 saturated heterocycles. The number of hydrogen-bond donors (Lipinski definition) is 2. The fourth-order valence-electron chi connectivity index (χ4n) is 3.89. The Kier molecular flexibility index (Phi) is 8.09. The highest BCUT2D eigenvalue weighted by molar-refractivity contribution is 7.80. The largest absolute Gasteiger partial charge is 0.573 e. The maximum Gasteiger partial charge on any atom is 0.573 e. The number of piperidine rings is 1. The third kappa shape index (κ3) is 7.37. The van der Waals surface area contributed by atoms with Crippen molar-refractivity contribution in [2.75, 3.05) is 23.3 Å². The Labute approximate surface area is 218 Å². The van der Waals surface area contributed by atoms with Gasteiger partial charge in [-0.25, -0.2) is 4.98 Å². The van der Waals surface area contributed by atoms with Crippen LogP contribution in [0.1, 0.15) is 18.4 Å². The fraction of sp³-hybridized carbons (Fsp3) is 0.292. The van der Waals surface area contributed by atoms with E-state index < -0.39 is 29.6 Å². The number of pyridine rings is 2. The van der Waals surface area contributed by atoms with E-state index in [0.29, 0.717) is 23.6 Å². The summed E-state index contributed by atoms with van der Waals surface area (Å²) in [5.41, 5.74) is -0.364. The second-order valence-corrected chi connectivity index (χ2v) is 8.64. The maximum atomic E-state index is 14.1. The van der Waals surface area contributed by atoms with Crippen molar-refractivity contribution >= 4 is 28.8 Å². The molecule has 38 heavy (non-hydrogen) atoms. The van der Waals surface area contributed by atoms with Gasteiger partial charge in [0, 0.05) is 31.5 Å². The molecule has 4 rings (SSSR count). The summed E-state index contributed by atoms with van der Waals surface area (Å²) in [6.07, 6.45) is -4.26. The van der Waals surface area contributed by atoms with Gasteiger partial charge in [-0.15, -0.1) is 13.2 Å². The Morgan fingerprint density at radius 2 is 1.63 bits per heavy atom. The smallest absolute Gasteiger partial charge is 0.457 e. The van der Waals surface area contributed by atoms with Crippen molar-refractivity contribution in [2.45, 2.75) is 31.4 Å². The van der Waals surface area contributed by atoms with Crippen LogP contribution in [0.2, 0.25) is 0 Å². The number of nitrogens with zero attached hydrogens (tertiary/aromatic N) is 3. The molecule has 0 atom stereocenters. The topological polar surface area (TPSA) is 71.5 Å². The van der Waals surface area contributed by atoms with Crippen LogP contribution in [0.3, 0.4) is 0 Å². The summed E-state index contributed by atoms with van der Waals surface area (Å²) < 4.78 is 88.7. The Morgan fingerprint density at radius 3 is 2.24 bits per heavy atom. The Morgan fingerprint density at radius 1 is 0.947 bits per heavy atom. The number of benzene rings is 1. The second-order valence-electron chi connectivity index (χ2n) is 8.23. The lowest BCUT2D eigenvalue weighted by Crippen LogP contribution is -2.46. The average molecular weight is 558 g/mol. The van der Waals surface area contributed by atoms with Crippen molar-refractivity contribution in [3.05, 3.63) is 66.6 Å². The van der Waals surface area contributed by atoms with Gasteiger partial charge in [0.2, 0.25) is 0 Å². The lowest BCUT2D eigenvalue weighted by Gasteiger charge is -2.35. The molecule has 1 aliphatic rings. The van der Waals surface area contributed by atoms with Crippen LogP contribution in [0.15, 0.2) is 61.1 Å². The van der Waals surface area contributed by atoms with Crippen LogP contribution in [0.5, 0.6) is 17.2 Å². The van der Waals surface area contributed by atoms with E-state index in [4.69, 9.17) is 17.0 Å². The number of anilines is 2. The molecule has 0 saturated carbocycles. The molecule has 3 heterocycles. The molecule has 7 nitrogen and oxygen atoms in total. The molecule has 2 N–H and O–H groups in total. The summed E-state index contributed by atoms with van der Waals surface area (Å²) in [6.45, 7) is 0.548. The predicted octanol–water partition coefficient (Wildman–Crippen LogP) is 6.14. The molecule has 3 aromatic rings. The summed E-state index contributed by atoms with van der Waals surface area (Å²) in [5.74, 6) is -1.43.